The topological polar surface area (TPSA) is 89.1 Å². The number of rotatable bonds is 9. The lowest BCUT2D eigenvalue weighted by molar-refractivity contribution is 0.0133. The van der Waals surface area contributed by atoms with Crippen LogP contribution in [0, 0.1) is 0 Å². The van der Waals surface area contributed by atoms with E-state index in [9.17, 15) is 8.78 Å². The van der Waals surface area contributed by atoms with E-state index in [1.54, 1.807) is 20.1 Å². The van der Waals surface area contributed by atoms with Gasteiger partial charge in [-0.25, -0.2) is 13.8 Å². The molecule has 0 saturated heterocycles. The molecule has 4 N–H and O–H groups in total. The Morgan fingerprint density at radius 3 is 2.43 bits per heavy atom. The second-order valence-corrected chi connectivity index (χ2v) is 5.13. The van der Waals surface area contributed by atoms with Gasteiger partial charge in [-0.2, -0.15) is 0 Å². The summed E-state index contributed by atoms with van der Waals surface area (Å²) in [7, 11) is 0. The van der Waals surface area contributed by atoms with E-state index in [-0.39, 0.29) is 19.4 Å². The van der Waals surface area contributed by atoms with Crippen molar-refractivity contribution in [2.24, 2.45) is 26.4 Å². The quantitative estimate of drug-likeness (QED) is 0.503. The molecule has 0 atom stereocenters. The third-order valence-corrected chi connectivity index (χ3v) is 3.00. The summed E-state index contributed by atoms with van der Waals surface area (Å²) < 4.78 is 25.9. The number of allylic oxidation sites excluding steroid dienone is 3. The van der Waals surface area contributed by atoms with Crippen molar-refractivity contribution in [3.8, 4) is 0 Å². The fourth-order valence-corrected chi connectivity index (χ4v) is 1.52. The van der Waals surface area contributed by atoms with E-state index in [0.717, 1.165) is 24.4 Å². The summed E-state index contributed by atoms with van der Waals surface area (Å²) in [6.45, 7) is 8.17. The van der Waals surface area contributed by atoms with E-state index in [1.165, 1.54) is 12.4 Å². The first-order chi connectivity index (χ1) is 10.7. The first-order valence-electron chi connectivity index (χ1n) is 7.12. The van der Waals surface area contributed by atoms with Crippen molar-refractivity contribution >= 4 is 18.8 Å². The lowest BCUT2D eigenvalue weighted by Crippen LogP contribution is -2.10. The van der Waals surface area contributed by atoms with E-state index in [1.807, 2.05) is 0 Å². The summed E-state index contributed by atoms with van der Waals surface area (Å²) in [5.74, 6) is -2.70. The summed E-state index contributed by atoms with van der Waals surface area (Å²) in [6, 6.07) is 0. The van der Waals surface area contributed by atoms with Gasteiger partial charge in [0.15, 0.2) is 0 Å². The number of aliphatic imine (C=N–C) groups is 3. The highest BCUT2D eigenvalue weighted by molar-refractivity contribution is 5.83. The van der Waals surface area contributed by atoms with Crippen molar-refractivity contribution in [2.45, 2.75) is 39.5 Å². The third-order valence-electron chi connectivity index (χ3n) is 3.00. The van der Waals surface area contributed by atoms with Crippen LogP contribution in [-0.2, 0) is 0 Å². The van der Waals surface area contributed by atoms with E-state index in [0.29, 0.717) is 11.4 Å². The van der Waals surface area contributed by atoms with Crippen LogP contribution in [0.3, 0.4) is 0 Å². The van der Waals surface area contributed by atoms with E-state index >= 15 is 0 Å². The second kappa shape index (κ2) is 10.4. The maximum absolute atomic E-state index is 13.0. The van der Waals surface area contributed by atoms with E-state index in [4.69, 9.17) is 11.5 Å². The number of halogens is 2. The van der Waals surface area contributed by atoms with Crippen molar-refractivity contribution in [2.75, 3.05) is 6.54 Å². The van der Waals surface area contributed by atoms with Crippen LogP contribution >= 0.6 is 0 Å². The molecule has 0 aromatic rings. The standard InChI is InChI=1S/C16H25F2N5/c1-5-21-8-14(12(2)6-7-16(4,17)18)9-22-10-15(20)13(3)23-11-19/h5,8,10-11H,1,6-7,9,20H2,2-4H3,(H2,19,23)/b14-12-,15-13+,21-8-,22-10-. The van der Waals surface area contributed by atoms with Crippen molar-refractivity contribution < 1.29 is 8.78 Å². The van der Waals surface area contributed by atoms with Crippen LogP contribution in [0.1, 0.15) is 33.6 Å². The SMILES string of the molecule is C=C/N=C\C(C\N=C/C(N)=C(C)\N=C\N)=C(/C)CCC(C)(F)F. The number of nitrogens with zero attached hydrogens (tertiary/aromatic N) is 3. The van der Waals surface area contributed by atoms with Crippen LogP contribution in [0.2, 0.25) is 0 Å². The zero-order chi connectivity index (χ0) is 17.9. The van der Waals surface area contributed by atoms with Gasteiger partial charge in [-0.05, 0) is 32.8 Å². The molecule has 0 saturated carbocycles. The highest BCUT2D eigenvalue weighted by Gasteiger charge is 2.20. The zero-order valence-corrected chi connectivity index (χ0v) is 13.9. The van der Waals surface area contributed by atoms with Gasteiger partial charge in [-0.1, -0.05) is 12.2 Å². The molecule has 0 unspecified atom stereocenters. The maximum Gasteiger partial charge on any atom is 0.245 e. The molecule has 0 bridgehead atoms. The molecule has 128 valence electrons. The predicted octanol–water partition coefficient (Wildman–Crippen LogP) is 3.20. The number of alkyl halides is 2. The molecule has 0 aliphatic carbocycles. The molecule has 0 aliphatic rings. The van der Waals surface area contributed by atoms with Crippen molar-refractivity contribution in [1.82, 2.24) is 0 Å². The summed E-state index contributed by atoms with van der Waals surface area (Å²) >= 11 is 0. The first kappa shape index (κ1) is 20.7. The van der Waals surface area contributed by atoms with Crippen LogP contribution in [-0.4, -0.2) is 31.2 Å². The summed E-state index contributed by atoms with van der Waals surface area (Å²) in [6.07, 6.45) is 5.59. The Bertz CT molecular complexity index is 537. The second-order valence-electron chi connectivity index (χ2n) is 5.13. The van der Waals surface area contributed by atoms with Gasteiger partial charge in [0.2, 0.25) is 5.92 Å². The Hall–Kier alpha value is -2.31. The van der Waals surface area contributed by atoms with Crippen LogP contribution in [0.25, 0.3) is 0 Å². The predicted molar refractivity (Wildman–Crippen MR) is 94.2 cm³/mol. The van der Waals surface area contributed by atoms with Crippen molar-refractivity contribution in [3.05, 3.63) is 35.3 Å². The molecule has 23 heavy (non-hydrogen) atoms. The molecule has 0 aliphatic heterocycles. The highest BCUT2D eigenvalue weighted by atomic mass is 19.3. The molecular formula is C16H25F2N5. The fourth-order valence-electron chi connectivity index (χ4n) is 1.52. The van der Waals surface area contributed by atoms with E-state index in [2.05, 4.69) is 21.6 Å². The van der Waals surface area contributed by atoms with Crippen LogP contribution < -0.4 is 11.5 Å². The van der Waals surface area contributed by atoms with Gasteiger partial charge in [0.05, 0.1) is 24.3 Å². The van der Waals surface area contributed by atoms with Crippen LogP contribution in [0.5, 0.6) is 0 Å². The minimum Gasteiger partial charge on any atom is -0.396 e. The smallest absolute Gasteiger partial charge is 0.245 e. The monoisotopic (exact) mass is 325 g/mol. The molecule has 0 rings (SSSR count). The molecule has 7 heteroatoms. The summed E-state index contributed by atoms with van der Waals surface area (Å²) in [5, 5.41) is 0. The lowest BCUT2D eigenvalue weighted by atomic mass is 10.0. The minimum atomic E-state index is -2.70. The molecule has 0 aromatic carbocycles. The number of nitrogens with two attached hydrogens (primary N) is 2. The Balaban J connectivity index is 5.10. The minimum absolute atomic E-state index is 0.222. The lowest BCUT2D eigenvalue weighted by Gasteiger charge is -2.11. The fraction of sp³-hybridized carbons (Fsp3) is 0.438. The Labute approximate surface area is 136 Å². The molecule has 0 spiro atoms. The van der Waals surface area contributed by atoms with E-state index < -0.39 is 5.92 Å². The maximum atomic E-state index is 13.0. The van der Waals surface area contributed by atoms with Crippen molar-refractivity contribution in [1.29, 1.82) is 0 Å². The van der Waals surface area contributed by atoms with Gasteiger partial charge >= 0.3 is 0 Å². The van der Waals surface area contributed by atoms with Gasteiger partial charge in [0.1, 0.15) is 0 Å². The summed E-state index contributed by atoms with van der Waals surface area (Å²) in [5.41, 5.74) is 13.4. The first-order valence-corrected chi connectivity index (χ1v) is 7.12. The molecular weight excluding hydrogens is 300 g/mol. The van der Waals surface area contributed by atoms with Gasteiger partial charge in [0.25, 0.3) is 0 Å². The van der Waals surface area contributed by atoms with Gasteiger partial charge in [-0.3, -0.25) is 9.98 Å². The Morgan fingerprint density at radius 2 is 1.91 bits per heavy atom. The molecule has 0 amide bonds. The molecule has 0 fully saturated rings. The molecule has 5 nitrogen and oxygen atoms in total. The Morgan fingerprint density at radius 1 is 1.26 bits per heavy atom. The molecule has 0 radical (unpaired) electrons. The Kier molecular flexibility index (Phi) is 9.37. The zero-order valence-electron chi connectivity index (χ0n) is 13.9. The average Bonchev–Trinajstić information content (AvgIpc) is 2.47. The molecule has 0 aromatic heterocycles. The van der Waals surface area contributed by atoms with Gasteiger partial charge in [0, 0.05) is 25.0 Å². The third kappa shape index (κ3) is 10.1. The normalized spacial score (nSPS) is 15.3. The van der Waals surface area contributed by atoms with Crippen molar-refractivity contribution in [3.63, 3.8) is 0 Å². The van der Waals surface area contributed by atoms with Gasteiger partial charge < -0.3 is 11.5 Å². The van der Waals surface area contributed by atoms with Gasteiger partial charge in [-0.15, -0.1) is 0 Å². The molecule has 0 heterocycles. The highest BCUT2D eigenvalue weighted by Crippen LogP contribution is 2.22. The largest absolute Gasteiger partial charge is 0.396 e. The number of hydrogen-bond donors (Lipinski definition) is 2. The van der Waals surface area contributed by atoms with Crippen LogP contribution in [0.4, 0.5) is 8.78 Å². The van der Waals surface area contributed by atoms with Crippen LogP contribution in [0.15, 0.2) is 50.3 Å². The average molecular weight is 325 g/mol. The number of hydrogen-bond acceptors (Lipinski definition) is 4. The summed E-state index contributed by atoms with van der Waals surface area (Å²) in [4.78, 5) is 12.0.